The van der Waals surface area contributed by atoms with Gasteiger partial charge in [0.1, 0.15) is 0 Å². The molecule has 0 amide bonds. The van der Waals surface area contributed by atoms with Crippen LogP contribution in [0.2, 0.25) is 0 Å². The molecule has 0 atom stereocenters. The van der Waals surface area contributed by atoms with Gasteiger partial charge in [-0.25, -0.2) is 0 Å². The van der Waals surface area contributed by atoms with Crippen LogP contribution in [0, 0.1) is 6.92 Å². The number of rotatable bonds is 5. The molecular formula is C37H28. The molecule has 0 saturated carbocycles. The Kier molecular flexibility index (Phi) is 6.00. The summed E-state index contributed by atoms with van der Waals surface area (Å²) >= 11 is 0. The number of fused-ring (bicyclic) bond motifs is 2. The molecule has 0 spiro atoms. The molecule has 0 saturated heterocycles. The van der Waals surface area contributed by atoms with Crippen LogP contribution in [-0.2, 0) is 0 Å². The quantitative estimate of drug-likeness (QED) is 0.173. The maximum Gasteiger partial charge on any atom is -0.00262 e. The first kappa shape index (κ1) is 22.8. The fourth-order valence-corrected chi connectivity index (χ4v) is 5.27. The molecule has 0 fully saturated rings. The van der Waals surface area contributed by atoms with E-state index in [0.29, 0.717) is 0 Å². The second-order valence-corrected chi connectivity index (χ2v) is 9.50. The van der Waals surface area contributed by atoms with Crippen molar-refractivity contribution < 1.29 is 0 Å². The predicted molar refractivity (Wildman–Crippen MR) is 162 cm³/mol. The van der Waals surface area contributed by atoms with E-state index < -0.39 is 0 Å². The van der Waals surface area contributed by atoms with Crippen molar-refractivity contribution >= 4 is 33.2 Å². The zero-order valence-corrected chi connectivity index (χ0v) is 21.0. The molecule has 0 aliphatic carbocycles. The van der Waals surface area contributed by atoms with E-state index in [1.165, 1.54) is 54.9 Å². The van der Waals surface area contributed by atoms with Crippen molar-refractivity contribution in [2.45, 2.75) is 6.92 Å². The average molecular weight is 473 g/mol. The zero-order valence-electron chi connectivity index (χ0n) is 21.0. The summed E-state index contributed by atoms with van der Waals surface area (Å²) in [5.41, 5.74) is 9.60. The number of hydrogen-bond donors (Lipinski definition) is 0. The molecule has 176 valence electrons. The molecule has 0 aliphatic heterocycles. The highest BCUT2D eigenvalue weighted by molar-refractivity contribution is 6.21. The third kappa shape index (κ3) is 4.28. The van der Waals surface area contributed by atoms with Gasteiger partial charge in [0.05, 0.1) is 0 Å². The Morgan fingerprint density at radius 1 is 0.541 bits per heavy atom. The summed E-state index contributed by atoms with van der Waals surface area (Å²) in [7, 11) is 0. The van der Waals surface area contributed by atoms with E-state index >= 15 is 0 Å². The number of hydrogen-bond acceptors (Lipinski definition) is 0. The minimum Gasteiger partial charge on any atom is -0.0912 e. The van der Waals surface area contributed by atoms with Crippen LogP contribution < -0.4 is 0 Å². The van der Waals surface area contributed by atoms with E-state index in [1.54, 1.807) is 0 Å². The normalized spacial score (nSPS) is 11.4. The Morgan fingerprint density at radius 3 is 1.68 bits per heavy atom. The van der Waals surface area contributed by atoms with Crippen LogP contribution >= 0.6 is 0 Å². The summed E-state index contributed by atoms with van der Waals surface area (Å²) < 4.78 is 0. The van der Waals surface area contributed by atoms with Crippen LogP contribution in [0.3, 0.4) is 0 Å². The molecule has 0 bridgehead atoms. The molecule has 0 heteroatoms. The smallest absolute Gasteiger partial charge is 0.00262 e. The number of allylic oxidation sites excluding steroid dienone is 2. The van der Waals surface area contributed by atoms with Gasteiger partial charge in [-0.2, -0.15) is 0 Å². The maximum absolute atomic E-state index is 4.44. The maximum atomic E-state index is 4.44. The van der Waals surface area contributed by atoms with Gasteiger partial charge < -0.3 is 0 Å². The van der Waals surface area contributed by atoms with Crippen molar-refractivity contribution in [3.05, 3.63) is 157 Å². The molecule has 0 aromatic heterocycles. The minimum atomic E-state index is 0.999. The van der Waals surface area contributed by atoms with Gasteiger partial charge >= 0.3 is 0 Å². The molecule has 37 heavy (non-hydrogen) atoms. The molecular weight excluding hydrogens is 444 g/mol. The topological polar surface area (TPSA) is 0 Å². The first-order valence-electron chi connectivity index (χ1n) is 12.7. The number of benzene rings is 6. The highest BCUT2D eigenvalue weighted by Gasteiger charge is 2.17. The summed E-state index contributed by atoms with van der Waals surface area (Å²) in [6.45, 7) is 6.57. The van der Waals surface area contributed by atoms with E-state index in [0.717, 1.165) is 11.1 Å². The Hall–Kier alpha value is -4.68. The standard InChI is InChI=1S/C37H28/c1-26-13-9-10-14-28(26)22-21-27(2)31-23-24-34-35(25-31)37(30-17-7-4-8-18-30)33-20-12-11-19-32(33)36(34)29-15-5-3-6-16-29/h3-25H,2H2,1H3/b22-21-. The lowest BCUT2D eigenvalue weighted by atomic mass is 9.85. The third-order valence-electron chi connectivity index (χ3n) is 7.17. The summed E-state index contributed by atoms with van der Waals surface area (Å²) in [6.07, 6.45) is 4.29. The molecule has 0 heterocycles. The minimum absolute atomic E-state index is 0.999. The van der Waals surface area contributed by atoms with Gasteiger partial charge in [0.2, 0.25) is 0 Å². The fraction of sp³-hybridized carbons (Fsp3) is 0.0270. The Labute approximate surface area is 218 Å². The molecule has 0 radical (unpaired) electrons. The second kappa shape index (κ2) is 9.76. The van der Waals surface area contributed by atoms with Gasteiger partial charge in [-0.15, -0.1) is 0 Å². The van der Waals surface area contributed by atoms with Crippen LogP contribution in [-0.4, -0.2) is 0 Å². The monoisotopic (exact) mass is 472 g/mol. The lowest BCUT2D eigenvalue weighted by Gasteiger charge is -2.18. The van der Waals surface area contributed by atoms with Crippen molar-refractivity contribution in [2.24, 2.45) is 0 Å². The Balaban J connectivity index is 1.62. The van der Waals surface area contributed by atoms with Gasteiger partial charge in [0, 0.05) is 0 Å². The first-order valence-corrected chi connectivity index (χ1v) is 12.7. The van der Waals surface area contributed by atoms with Crippen molar-refractivity contribution in [3.8, 4) is 22.3 Å². The van der Waals surface area contributed by atoms with E-state index in [2.05, 4.69) is 153 Å². The molecule has 0 nitrogen and oxygen atoms in total. The van der Waals surface area contributed by atoms with Gasteiger partial charge in [0.15, 0.2) is 0 Å². The van der Waals surface area contributed by atoms with Crippen LogP contribution in [0.5, 0.6) is 0 Å². The van der Waals surface area contributed by atoms with E-state index in [4.69, 9.17) is 0 Å². The number of aryl methyl sites for hydroxylation is 1. The Morgan fingerprint density at radius 2 is 1.05 bits per heavy atom. The van der Waals surface area contributed by atoms with E-state index in [9.17, 15) is 0 Å². The van der Waals surface area contributed by atoms with Crippen molar-refractivity contribution in [3.63, 3.8) is 0 Å². The highest BCUT2D eigenvalue weighted by Crippen LogP contribution is 2.44. The fourth-order valence-electron chi connectivity index (χ4n) is 5.27. The van der Waals surface area contributed by atoms with Gasteiger partial charge in [-0.1, -0.05) is 140 Å². The molecule has 6 aromatic carbocycles. The van der Waals surface area contributed by atoms with Crippen LogP contribution in [0.4, 0.5) is 0 Å². The SMILES string of the molecule is C=C(/C=C\c1ccccc1C)c1ccc2c(-c3ccccc3)c3ccccc3c(-c3ccccc3)c2c1. The summed E-state index contributed by atoms with van der Waals surface area (Å²) in [6, 6.07) is 45.5. The largest absolute Gasteiger partial charge is 0.0912 e. The first-order chi connectivity index (χ1) is 18.2. The van der Waals surface area contributed by atoms with Gasteiger partial charge in [-0.3, -0.25) is 0 Å². The Bertz CT molecular complexity index is 1770. The molecule has 0 aliphatic rings. The highest BCUT2D eigenvalue weighted by atomic mass is 14.2. The van der Waals surface area contributed by atoms with Gasteiger partial charge in [0.25, 0.3) is 0 Å². The average Bonchev–Trinajstić information content (AvgIpc) is 2.96. The lowest BCUT2D eigenvalue weighted by Crippen LogP contribution is -1.92. The van der Waals surface area contributed by atoms with Crippen LogP contribution in [0.15, 0.2) is 140 Å². The lowest BCUT2D eigenvalue weighted by molar-refractivity contribution is 1.44. The second-order valence-electron chi connectivity index (χ2n) is 9.50. The van der Waals surface area contributed by atoms with Crippen LogP contribution in [0.25, 0.3) is 55.4 Å². The molecule has 6 aromatic rings. The molecule has 0 unspecified atom stereocenters. The van der Waals surface area contributed by atoms with Gasteiger partial charge in [-0.05, 0) is 79.1 Å². The molecule has 6 rings (SSSR count). The van der Waals surface area contributed by atoms with Crippen molar-refractivity contribution in [1.82, 2.24) is 0 Å². The van der Waals surface area contributed by atoms with Crippen molar-refractivity contribution in [1.29, 1.82) is 0 Å². The zero-order chi connectivity index (χ0) is 25.2. The van der Waals surface area contributed by atoms with E-state index in [-0.39, 0.29) is 0 Å². The predicted octanol–water partition coefficient (Wildman–Crippen LogP) is 10.4. The van der Waals surface area contributed by atoms with Crippen LogP contribution in [0.1, 0.15) is 16.7 Å². The summed E-state index contributed by atoms with van der Waals surface area (Å²) in [4.78, 5) is 0. The molecule has 0 N–H and O–H groups in total. The summed E-state index contributed by atoms with van der Waals surface area (Å²) in [5.74, 6) is 0. The van der Waals surface area contributed by atoms with E-state index in [1.807, 2.05) is 0 Å². The van der Waals surface area contributed by atoms with Crippen molar-refractivity contribution in [2.75, 3.05) is 0 Å². The third-order valence-corrected chi connectivity index (χ3v) is 7.17. The summed E-state index contributed by atoms with van der Waals surface area (Å²) in [5, 5.41) is 5.03.